The van der Waals surface area contributed by atoms with Crippen molar-refractivity contribution in [3.05, 3.63) is 47.7 Å². The summed E-state index contributed by atoms with van der Waals surface area (Å²) in [7, 11) is 1.44. The number of hydrazone groups is 1. The molecule has 1 aliphatic heterocycles. The van der Waals surface area contributed by atoms with E-state index in [0.29, 0.717) is 28.4 Å². The molecular formula is C20H16N8O6. The summed E-state index contributed by atoms with van der Waals surface area (Å²) >= 11 is 0. The minimum Gasteiger partial charge on any atom is -0.504 e. The molecule has 1 amide bonds. The molecule has 5 rings (SSSR count). The van der Waals surface area contributed by atoms with Gasteiger partial charge in [0.1, 0.15) is 5.69 Å². The van der Waals surface area contributed by atoms with E-state index >= 15 is 0 Å². The number of hydrogen-bond acceptors (Lipinski definition) is 12. The lowest BCUT2D eigenvalue weighted by Crippen LogP contribution is -2.19. The minimum atomic E-state index is -0.664. The molecule has 34 heavy (non-hydrogen) atoms. The number of phenols is 1. The second kappa shape index (κ2) is 8.42. The molecule has 0 bridgehead atoms. The van der Waals surface area contributed by atoms with Gasteiger partial charge in [0.15, 0.2) is 28.7 Å². The van der Waals surface area contributed by atoms with Crippen LogP contribution in [-0.4, -0.2) is 56.4 Å². The first-order valence-electron chi connectivity index (χ1n) is 9.69. The average Bonchev–Trinajstić information content (AvgIpc) is 3.57. The maximum atomic E-state index is 12.9. The number of nitrogen functional groups attached to an aromatic ring is 1. The second-order valence-electron chi connectivity index (χ2n) is 6.87. The highest BCUT2D eigenvalue weighted by molar-refractivity contribution is 5.99. The predicted octanol–water partition coefficient (Wildman–Crippen LogP) is 1.11. The van der Waals surface area contributed by atoms with Crippen LogP contribution in [0.2, 0.25) is 0 Å². The molecule has 2 aromatic heterocycles. The molecule has 0 saturated carbocycles. The van der Waals surface area contributed by atoms with Gasteiger partial charge < -0.3 is 25.1 Å². The number of ether oxygens (including phenoxy) is 3. The molecule has 4 N–H and O–H groups in total. The van der Waals surface area contributed by atoms with Crippen molar-refractivity contribution in [1.82, 2.24) is 30.7 Å². The van der Waals surface area contributed by atoms with Gasteiger partial charge in [-0.1, -0.05) is 5.21 Å². The second-order valence-corrected chi connectivity index (χ2v) is 6.87. The van der Waals surface area contributed by atoms with E-state index in [1.807, 2.05) is 0 Å². The third-order valence-corrected chi connectivity index (χ3v) is 4.81. The fourth-order valence-corrected chi connectivity index (χ4v) is 3.23. The van der Waals surface area contributed by atoms with E-state index in [1.54, 1.807) is 30.3 Å². The molecule has 0 fully saturated rings. The monoisotopic (exact) mass is 464 g/mol. The Balaban J connectivity index is 1.48. The molecule has 0 saturated heterocycles. The molecule has 4 aromatic rings. The molecule has 172 valence electrons. The molecule has 2 aromatic carbocycles. The molecule has 0 atom stereocenters. The van der Waals surface area contributed by atoms with E-state index in [2.05, 4.69) is 35.8 Å². The van der Waals surface area contributed by atoms with Gasteiger partial charge in [0, 0.05) is 5.56 Å². The van der Waals surface area contributed by atoms with Crippen molar-refractivity contribution >= 4 is 17.9 Å². The highest BCUT2D eigenvalue weighted by Gasteiger charge is 2.26. The van der Waals surface area contributed by atoms with Gasteiger partial charge in [-0.25, -0.2) is 10.1 Å². The number of aromatic nitrogens is 5. The third-order valence-electron chi connectivity index (χ3n) is 4.81. The Morgan fingerprint density at radius 2 is 2.09 bits per heavy atom. The van der Waals surface area contributed by atoms with E-state index in [9.17, 15) is 9.90 Å². The topological polar surface area (TPSA) is 185 Å². The molecule has 14 heteroatoms. The van der Waals surface area contributed by atoms with Crippen LogP contribution in [-0.2, 0) is 0 Å². The number of phenolic OH excluding ortho intramolecular Hbond substituents is 1. The summed E-state index contributed by atoms with van der Waals surface area (Å²) in [5, 5.41) is 29.1. The highest BCUT2D eigenvalue weighted by Crippen LogP contribution is 2.37. The van der Waals surface area contributed by atoms with E-state index in [1.165, 1.54) is 24.1 Å². The number of nitrogens with two attached hydrogens (primary N) is 1. The van der Waals surface area contributed by atoms with Crippen LogP contribution in [0.3, 0.4) is 0 Å². The van der Waals surface area contributed by atoms with Gasteiger partial charge >= 0.3 is 0 Å². The molecule has 0 aliphatic carbocycles. The highest BCUT2D eigenvalue weighted by atomic mass is 16.7. The number of fused-ring (bicyclic) bond motifs is 1. The van der Waals surface area contributed by atoms with Crippen LogP contribution in [0.15, 0.2) is 46.1 Å². The Hall–Kier alpha value is -5.14. The Kier molecular flexibility index (Phi) is 5.14. The largest absolute Gasteiger partial charge is 0.504 e. The quantitative estimate of drug-likeness (QED) is 0.274. The van der Waals surface area contributed by atoms with Crippen molar-refractivity contribution in [2.45, 2.75) is 0 Å². The van der Waals surface area contributed by atoms with E-state index < -0.39 is 5.91 Å². The summed E-state index contributed by atoms with van der Waals surface area (Å²) in [6.07, 6.45) is 1.35. The molecule has 0 radical (unpaired) electrons. The molecule has 3 heterocycles. The number of carbonyl (C=O) groups is 1. The van der Waals surface area contributed by atoms with Gasteiger partial charge in [-0.2, -0.15) is 9.78 Å². The number of nitrogens with zero attached hydrogens (tertiary/aromatic N) is 6. The summed E-state index contributed by atoms with van der Waals surface area (Å²) in [4.78, 5) is 12.9. The van der Waals surface area contributed by atoms with Gasteiger partial charge in [0.25, 0.3) is 5.91 Å². The van der Waals surface area contributed by atoms with Gasteiger partial charge in [-0.3, -0.25) is 4.79 Å². The Morgan fingerprint density at radius 3 is 2.85 bits per heavy atom. The Morgan fingerprint density at radius 1 is 1.24 bits per heavy atom. The molecule has 1 aliphatic rings. The predicted molar refractivity (Wildman–Crippen MR) is 115 cm³/mol. The van der Waals surface area contributed by atoms with Gasteiger partial charge in [0.2, 0.25) is 18.4 Å². The number of amides is 1. The Bertz CT molecular complexity index is 1410. The van der Waals surface area contributed by atoms with Crippen molar-refractivity contribution in [2.75, 3.05) is 19.6 Å². The number of carbonyl (C=O) groups excluding carboxylic acids is 1. The van der Waals surface area contributed by atoms with Crippen molar-refractivity contribution in [2.24, 2.45) is 5.10 Å². The number of anilines is 1. The zero-order valence-electron chi connectivity index (χ0n) is 17.5. The number of benzene rings is 2. The molecule has 0 spiro atoms. The fourth-order valence-electron chi connectivity index (χ4n) is 3.23. The minimum absolute atomic E-state index is 0.0452. The van der Waals surface area contributed by atoms with Crippen molar-refractivity contribution in [3.8, 4) is 40.1 Å². The maximum Gasteiger partial charge on any atom is 0.294 e. The van der Waals surface area contributed by atoms with Gasteiger partial charge in [-0.05, 0) is 52.3 Å². The lowest BCUT2D eigenvalue weighted by Gasteiger charge is -2.07. The number of hydrogen-bond donors (Lipinski definition) is 3. The molecular weight excluding hydrogens is 448 g/mol. The molecule has 14 nitrogen and oxygen atoms in total. The zero-order chi connectivity index (χ0) is 23.7. The average molecular weight is 464 g/mol. The van der Waals surface area contributed by atoms with Crippen LogP contribution >= 0.6 is 0 Å². The number of nitrogens with one attached hydrogen (secondary N) is 1. The summed E-state index contributed by atoms with van der Waals surface area (Å²) < 4.78 is 21.7. The zero-order valence-corrected chi connectivity index (χ0v) is 17.5. The van der Waals surface area contributed by atoms with Gasteiger partial charge in [-0.15, -0.1) is 5.10 Å². The summed E-state index contributed by atoms with van der Waals surface area (Å²) in [5.41, 5.74) is 9.42. The van der Waals surface area contributed by atoms with Crippen LogP contribution in [0.4, 0.5) is 5.82 Å². The lowest BCUT2D eigenvalue weighted by atomic mass is 10.1. The smallest absolute Gasteiger partial charge is 0.294 e. The van der Waals surface area contributed by atoms with Crippen LogP contribution in [0.25, 0.3) is 17.1 Å². The van der Waals surface area contributed by atoms with Crippen LogP contribution < -0.4 is 25.4 Å². The summed E-state index contributed by atoms with van der Waals surface area (Å²) in [6, 6.07) is 9.72. The third kappa shape index (κ3) is 3.68. The van der Waals surface area contributed by atoms with Crippen LogP contribution in [0.5, 0.6) is 23.0 Å². The summed E-state index contributed by atoms with van der Waals surface area (Å²) in [6.45, 7) is 0.0828. The molecule has 0 unspecified atom stereocenters. The Labute approximate surface area is 190 Å². The first-order valence-corrected chi connectivity index (χ1v) is 9.69. The van der Waals surface area contributed by atoms with E-state index in [-0.39, 0.29) is 35.6 Å². The van der Waals surface area contributed by atoms with Gasteiger partial charge in [0.05, 0.1) is 13.3 Å². The first-order chi connectivity index (χ1) is 16.5. The number of aromatic hydroxyl groups is 1. The van der Waals surface area contributed by atoms with Crippen molar-refractivity contribution in [1.29, 1.82) is 0 Å². The lowest BCUT2D eigenvalue weighted by molar-refractivity contribution is 0.0950. The SMILES string of the molecule is COc1ccc(/C=N\NC(=O)c2nnn(-c3nonc3N)c2-c2ccc3c(c2)OCO3)cc1O. The van der Waals surface area contributed by atoms with Crippen molar-refractivity contribution in [3.63, 3.8) is 0 Å². The first kappa shape index (κ1) is 20.7. The number of rotatable bonds is 6. The van der Waals surface area contributed by atoms with Crippen LogP contribution in [0.1, 0.15) is 16.1 Å². The summed E-state index contributed by atoms with van der Waals surface area (Å²) in [5.74, 6) is 0.636. The normalized spacial score (nSPS) is 12.3. The fraction of sp³-hybridized carbons (Fsp3) is 0.100. The number of methoxy groups -OCH3 is 1. The van der Waals surface area contributed by atoms with E-state index in [0.717, 1.165) is 0 Å². The maximum absolute atomic E-state index is 12.9. The van der Waals surface area contributed by atoms with Crippen molar-refractivity contribution < 1.29 is 28.7 Å². The standard InChI is InChI=1S/C20H16N8O6/c1-31-13-4-2-10(6-12(13)29)8-22-24-20(30)16-17(11-3-5-14-15(7-11)33-9-32-14)28(27-23-16)19-18(21)25-34-26-19/h2-8,29H,9H2,1H3,(H2,21,25)(H,24,30)/b22-8-. The van der Waals surface area contributed by atoms with E-state index in [4.69, 9.17) is 19.9 Å². The van der Waals surface area contributed by atoms with Crippen LogP contribution in [0, 0.1) is 0 Å².